The van der Waals surface area contributed by atoms with Crippen LogP contribution in [0.4, 0.5) is 0 Å². The molecule has 1 atom stereocenters. The number of hydrogen-bond acceptors (Lipinski definition) is 3. The van der Waals surface area contributed by atoms with Gasteiger partial charge in [-0.05, 0) is 32.4 Å². The highest BCUT2D eigenvalue weighted by atomic mass is 16.2. The maximum atomic E-state index is 11.8. The first kappa shape index (κ1) is 12.5. The minimum absolute atomic E-state index is 0.263. The highest BCUT2D eigenvalue weighted by Crippen LogP contribution is 2.08. The zero-order valence-corrected chi connectivity index (χ0v) is 9.91. The lowest BCUT2D eigenvalue weighted by atomic mass is 10.2. The van der Waals surface area contributed by atoms with Crippen LogP contribution in [-0.2, 0) is 4.79 Å². The third kappa shape index (κ3) is 4.18. The molecule has 0 aromatic heterocycles. The lowest BCUT2D eigenvalue weighted by Crippen LogP contribution is -2.39. The molecular formula is C11H23N3O. The van der Waals surface area contributed by atoms with E-state index in [1.807, 2.05) is 11.9 Å². The monoisotopic (exact) mass is 213 g/mol. The molecule has 1 aliphatic heterocycles. The predicted molar refractivity (Wildman–Crippen MR) is 61.5 cm³/mol. The van der Waals surface area contributed by atoms with E-state index in [-0.39, 0.29) is 5.91 Å². The van der Waals surface area contributed by atoms with Crippen LogP contribution in [0.15, 0.2) is 0 Å². The molecule has 0 radical (unpaired) electrons. The summed E-state index contributed by atoms with van der Waals surface area (Å²) in [6, 6.07) is 0. The van der Waals surface area contributed by atoms with Crippen LogP contribution in [0.3, 0.4) is 0 Å². The van der Waals surface area contributed by atoms with Crippen LogP contribution in [0.5, 0.6) is 0 Å². The van der Waals surface area contributed by atoms with Crippen molar-refractivity contribution >= 4 is 5.91 Å². The summed E-state index contributed by atoms with van der Waals surface area (Å²) >= 11 is 0. The Hall–Kier alpha value is -0.610. The van der Waals surface area contributed by atoms with Crippen LogP contribution in [0.1, 0.15) is 19.8 Å². The van der Waals surface area contributed by atoms with Gasteiger partial charge in [0.25, 0.3) is 0 Å². The highest BCUT2D eigenvalue weighted by Gasteiger charge is 2.19. The van der Waals surface area contributed by atoms with E-state index < -0.39 is 0 Å². The second kappa shape index (κ2) is 6.08. The molecule has 1 heterocycles. The lowest BCUT2D eigenvalue weighted by molar-refractivity contribution is -0.131. The van der Waals surface area contributed by atoms with Crippen molar-refractivity contribution in [1.82, 2.24) is 9.80 Å². The van der Waals surface area contributed by atoms with E-state index in [4.69, 9.17) is 5.73 Å². The first-order valence-corrected chi connectivity index (χ1v) is 5.80. The van der Waals surface area contributed by atoms with Crippen LogP contribution in [-0.4, -0.2) is 55.5 Å². The third-order valence-electron chi connectivity index (χ3n) is 2.89. The van der Waals surface area contributed by atoms with E-state index in [1.165, 1.54) is 0 Å². The van der Waals surface area contributed by atoms with Gasteiger partial charge in [-0.2, -0.15) is 0 Å². The maximum absolute atomic E-state index is 11.8. The maximum Gasteiger partial charge on any atom is 0.236 e. The Balaban J connectivity index is 2.24. The summed E-state index contributed by atoms with van der Waals surface area (Å²) in [5.74, 6) is 0.723. The summed E-state index contributed by atoms with van der Waals surface area (Å²) in [7, 11) is 1.99. The summed E-state index contributed by atoms with van der Waals surface area (Å²) in [4.78, 5) is 15.8. The van der Waals surface area contributed by atoms with E-state index >= 15 is 0 Å². The minimum Gasteiger partial charge on any atom is -0.342 e. The largest absolute Gasteiger partial charge is 0.342 e. The van der Waals surface area contributed by atoms with E-state index in [0.717, 1.165) is 32.5 Å². The van der Waals surface area contributed by atoms with Crippen molar-refractivity contribution < 1.29 is 4.79 Å². The summed E-state index contributed by atoms with van der Waals surface area (Å²) < 4.78 is 0. The molecule has 1 rings (SSSR count). The summed E-state index contributed by atoms with van der Waals surface area (Å²) in [5, 5.41) is 0. The van der Waals surface area contributed by atoms with Crippen molar-refractivity contribution in [2.75, 3.05) is 39.8 Å². The summed E-state index contributed by atoms with van der Waals surface area (Å²) in [6.45, 7) is 6.11. The fourth-order valence-electron chi connectivity index (χ4n) is 1.97. The zero-order valence-electron chi connectivity index (χ0n) is 9.91. The van der Waals surface area contributed by atoms with Gasteiger partial charge >= 0.3 is 0 Å². The third-order valence-corrected chi connectivity index (χ3v) is 2.89. The van der Waals surface area contributed by atoms with Crippen molar-refractivity contribution in [2.45, 2.75) is 19.8 Å². The van der Waals surface area contributed by atoms with Gasteiger partial charge in [0, 0.05) is 19.6 Å². The van der Waals surface area contributed by atoms with E-state index in [2.05, 4.69) is 11.8 Å². The predicted octanol–water partition coefficient (Wildman–Crippen LogP) is 0.135. The van der Waals surface area contributed by atoms with Gasteiger partial charge in [-0.25, -0.2) is 0 Å². The summed E-state index contributed by atoms with van der Waals surface area (Å²) in [6.07, 6.45) is 2.32. The molecule has 0 spiro atoms. The Kier molecular flexibility index (Phi) is 5.05. The lowest BCUT2D eigenvalue weighted by Gasteiger charge is -2.23. The first-order chi connectivity index (χ1) is 7.13. The van der Waals surface area contributed by atoms with Crippen molar-refractivity contribution in [3.63, 3.8) is 0 Å². The van der Waals surface area contributed by atoms with Gasteiger partial charge in [0.05, 0.1) is 6.54 Å². The molecule has 1 amide bonds. The topological polar surface area (TPSA) is 49.6 Å². The molecule has 0 aromatic carbocycles. The van der Waals surface area contributed by atoms with Gasteiger partial charge in [-0.3, -0.25) is 9.69 Å². The molecule has 1 aliphatic rings. The average molecular weight is 213 g/mol. The number of amides is 1. The molecule has 1 unspecified atom stereocenters. The van der Waals surface area contributed by atoms with Crippen LogP contribution < -0.4 is 5.73 Å². The van der Waals surface area contributed by atoms with Gasteiger partial charge in [-0.1, -0.05) is 6.92 Å². The van der Waals surface area contributed by atoms with Crippen molar-refractivity contribution in [1.29, 1.82) is 0 Å². The van der Waals surface area contributed by atoms with Crippen molar-refractivity contribution in [3.8, 4) is 0 Å². The molecule has 0 aliphatic carbocycles. The van der Waals surface area contributed by atoms with Crippen LogP contribution in [0.2, 0.25) is 0 Å². The molecule has 4 heteroatoms. The molecule has 15 heavy (non-hydrogen) atoms. The fraction of sp³-hybridized carbons (Fsp3) is 0.909. The standard InChI is InChI=1S/C11H23N3O/c1-10(7-12)8-13(2)9-11(15)14-5-3-4-6-14/h10H,3-9,12H2,1-2H3. The van der Waals surface area contributed by atoms with E-state index in [0.29, 0.717) is 19.0 Å². The molecule has 88 valence electrons. The van der Waals surface area contributed by atoms with Crippen LogP contribution >= 0.6 is 0 Å². The SMILES string of the molecule is CC(CN)CN(C)CC(=O)N1CCCC1. The van der Waals surface area contributed by atoms with Crippen LogP contribution in [0.25, 0.3) is 0 Å². The Morgan fingerprint density at radius 2 is 2.07 bits per heavy atom. The quantitative estimate of drug-likeness (QED) is 0.706. The van der Waals surface area contributed by atoms with Crippen molar-refractivity contribution in [3.05, 3.63) is 0 Å². The van der Waals surface area contributed by atoms with Gasteiger partial charge in [0.15, 0.2) is 0 Å². The van der Waals surface area contributed by atoms with Gasteiger partial charge in [-0.15, -0.1) is 0 Å². The number of nitrogens with zero attached hydrogens (tertiary/aromatic N) is 2. The molecule has 0 aromatic rings. The van der Waals surface area contributed by atoms with Gasteiger partial charge in [0.1, 0.15) is 0 Å². The number of rotatable bonds is 5. The Morgan fingerprint density at radius 1 is 1.47 bits per heavy atom. The molecule has 0 saturated carbocycles. The van der Waals surface area contributed by atoms with Gasteiger partial charge in [0.2, 0.25) is 5.91 Å². The normalized spacial score (nSPS) is 18.5. The number of likely N-dealkylation sites (N-methyl/N-ethyl adjacent to an activating group) is 1. The average Bonchev–Trinajstić information content (AvgIpc) is 2.70. The number of likely N-dealkylation sites (tertiary alicyclic amines) is 1. The Bertz CT molecular complexity index is 202. The van der Waals surface area contributed by atoms with Crippen molar-refractivity contribution in [2.24, 2.45) is 11.7 Å². The molecule has 1 fully saturated rings. The van der Waals surface area contributed by atoms with E-state index in [9.17, 15) is 4.79 Å². The summed E-state index contributed by atoms with van der Waals surface area (Å²) in [5.41, 5.74) is 5.55. The Morgan fingerprint density at radius 3 is 2.60 bits per heavy atom. The minimum atomic E-state index is 0.263. The van der Waals surface area contributed by atoms with E-state index in [1.54, 1.807) is 0 Å². The smallest absolute Gasteiger partial charge is 0.236 e. The molecule has 2 N–H and O–H groups in total. The Labute approximate surface area is 92.4 Å². The second-order valence-corrected chi connectivity index (χ2v) is 4.63. The number of hydrogen-bond donors (Lipinski definition) is 1. The number of nitrogens with two attached hydrogens (primary N) is 1. The van der Waals surface area contributed by atoms with Gasteiger partial charge < -0.3 is 10.6 Å². The van der Waals surface area contributed by atoms with Crippen LogP contribution in [0, 0.1) is 5.92 Å². The molecule has 1 saturated heterocycles. The highest BCUT2D eigenvalue weighted by molar-refractivity contribution is 5.78. The molecule has 0 bridgehead atoms. The number of carbonyl (C=O) groups is 1. The zero-order chi connectivity index (χ0) is 11.3. The molecule has 4 nitrogen and oxygen atoms in total. The molecular weight excluding hydrogens is 190 g/mol. The number of carbonyl (C=O) groups excluding carboxylic acids is 1. The first-order valence-electron chi connectivity index (χ1n) is 5.80. The fourth-order valence-corrected chi connectivity index (χ4v) is 1.97. The second-order valence-electron chi connectivity index (χ2n) is 4.63.